The molecule has 0 atom stereocenters. The fraction of sp³-hybridized carbons (Fsp3) is 0.391. The molecule has 32 heavy (non-hydrogen) atoms. The van der Waals surface area contributed by atoms with Crippen molar-refractivity contribution in [1.29, 1.82) is 0 Å². The zero-order valence-corrected chi connectivity index (χ0v) is 19.3. The summed E-state index contributed by atoms with van der Waals surface area (Å²) in [6.07, 6.45) is 4.21. The van der Waals surface area contributed by atoms with E-state index in [1.54, 1.807) is 0 Å². The van der Waals surface area contributed by atoms with Gasteiger partial charge in [-0.1, -0.05) is 54.8 Å². The number of hydrogen-bond acceptors (Lipinski definition) is 5. The Morgan fingerprint density at radius 2 is 1.69 bits per heavy atom. The second-order valence-corrected chi connectivity index (χ2v) is 9.94. The van der Waals surface area contributed by atoms with Crippen LogP contribution in [0, 0.1) is 0 Å². The Bertz CT molecular complexity index is 1040. The first-order chi connectivity index (χ1) is 15.4. The Kier molecular flexibility index (Phi) is 8.67. The van der Waals surface area contributed by atoms with Gasteiger partial charge in [0, 0.05) is 19.6 Å². The highest BCUT2D eigenvalue weighted by molar-refractivity contribution is 7.89. The number of carbonyl (C=O) groups is 2. The number of benzene rings is 2. The number of amides is 1. The Hall–Kier alpha value is -2.42. The van der Waals surface area contributed by atoms with Gasteiger partial charge in [0.25, 0.3) is 5.91 Å². The van der Waals surface area contributed by atoms with Gasteiger partial charge in [0.15, 0.2) is 6.61 Å². The monoisotopic (exact) mass is 478 g/mol. The quantitative estimate of drug-likeness (QED) is 0.587. The van der Waals surface area contributed by atoms with E-state index in [0.717, 1.165) is 31.2 Å². The molecule has 0 unspecified atom stereocenters. The molecule has 172 valence electrons. The van der Waals surface area contributed by atoms with Crippen molar-refractivity contribution in [2.45, 2.75) is 37.0 Å². The van der Waals surface area contributed by atoms with Crippen LogP contribution >= 0.6 is 11.6 Å². The van der Waals surface area contributed by atoms with Gasteiger partial charge in [-0.05, 0) is 43.0 Å². The molecule has 7 nitrogen and oxygen atoms in total. The highest BCUT2D eigenvalue weighted by Gasteiger charge is 2.28. The zero-order chi connectivity index (χ0) is 23.0. The third kappa shape index (κ3) is 6.54. The average Bonchev–Trinajstić information content (AvgIpc) is 3.09. The predicted octanol–water partition coefficient (Wildman–Crippen LogP) is 3.42. The minimum Gasteiger partial charge on any atom is -0.452 e. The maximum Gasteiger partial charge on any atom is 0.338 e. The van der Waals surface area contributed by atoms with Crippen molar-refractivity contribution in [2.75, 3.05) is 26.2 Å². The first-order valence-electron chi connectivity index (χ1n) is 10.7. The van der Waals surface area contributed by atoms with Crippen molar-refractivity contribution in [3.8, 4) is 0 Å². The SMILES string of the molecule is O=C(COC(=O)c1ccc(Cl)c(S(=O)(=O)N2CCCCCC2)c1)NCCc1ccccc1. The molecule has 1 heterocycles. The molecule has 3 rings (SSSR count). The molecule has 0 spiro atoms. The molecule has 9 heteroatoms. The molecular weight excluding hydrogens is 452 g/mol. The summed E-state index contributed by atoms with van der Waals surface area (Å²) in [5.74, 6) is -1.21. The van der Waals surface area contributed by atoms with Crippen LogP contribution in [0.4, 0.5) is 0 Å². The second-order valence-electron chi connectivity index (χ2n) is 7.63. The highest BCUT2D eigenvalue weighted by atomic mass is 35.5. The van der Waals surface area contributed by atoms with Gasteiger partial charge in [-0.3, -0.25) is 4.79 Å². The largest absolute Gasteiger partial charge is 0.452 e. The lowest BCUT2D eigenvalue weighted by atomic mass is 10.1. The van der Waals surface area contributed by atoms with Gasteiger partial charge in [-0.15, -0.1) is 0 Å². The maximum atomic E-state index is 13.1. The van der Waals surface area contributed by atoms with E-state index in [0.29, 0.717) is 26.1 Å². The number of esters is 1. The van der Waals surface area contributed by atoms with Crippen LogP contribution in [0.5, 0.6) is 0 Å². The molecule has 2 aromatic carbocycles. The Balaban J connectivity index is 1.58. The number of hydrogen-bond donors (Lipinski definition) is 1. The third-order valence-electron chi connectivity index (χ3n) is 5.26. The minimum absolute atomic E-state index is 0.0277. The maximum absolute atomic E-state index is 13.1. The first kappa shape index (κ1) is 24.2. The summed E-state index contributed by atoms with van der Waals surface area (Å²) in [4.78, 5) is 24.3. The van der Waals surface area contributed by atoms with Crippen LogP contribution in [0.2, 0.25) is 5.02 Å². The molecule has 1 saturated heterocycles. The van der Waals surface area contributed by atoms with Crippen LogP contribution < -0.4 is 5.32 Å². The third-order valence-corrected chi connectivity index (χ3v) is 7.64. The van der Waals surface area contributed by atoms with E-state index in [1.807, 2.05) is 30.3 Å². The molecule has 0 radical (unpaired) electrons. The number of rotatable bonds is 8. The molecule has 1 fully saturated rings. The summed E-state index contributed by atoms with van der Waals surface area (Å²) >= 11 is 6.16. The standard InChI is InChI=1S/C23H27ClN2O5S/c24-20-11-10-19(16-21(20)32(29,30)26-14-6-1-2-7-15-26)23(28)31-17-22(27)25-13-12-18-8-4-3-5-9-18/h3-5,8-11,16H,1-2,6-7,12-15,17H2,(H,25,27). The number of sulfonamides is 1. The summed E-state index contributed by atoms with van der Waals surface area (Å²) in [6, 6.07) is 13.7. The molecule has 0 saturated carbocycles. The van der Waals surface area contributed by atoms with E-state index >= 15 is 0 Å². The van der Waals surface area contributed by atoms with Crippen molar-refractivity contribution < 1.29 is 22.7 Å². The molecule has 1 aliphatic heterocycles. The molecule has 0 aliphatic carbocycles. The molecule has 2 aromatic rings. The fourth-order valence-corrected chi connectivity index (χ4v) is 5.52. The molecule has 1 amide bonds. The summed E-state index contributed by atoms with van der Waals surface area (Å²) in [5.41, 5.74) is 1.11. The Morgan fingerprint density at radius 1 is 1.00 bits per heavy atom. The normalized spacial score (nSPS) is 15.0. The lowest BCUT2D eigenvalue weighted by Gasteiger charge is -2.21. The van der Waals surface area contributed by atoms with E-state index < -0.39 is 28.5 Å². The number of nitrogens with one attached hydrogen (secondary N) is 1. The lowest BCUT2D eigenvalue weighted by Crippen LogP contribution is -2.32. The Morgan fingerprint density at radius 3 is 2.38 bits per heavy atom. The van der Waals surface area contributed by atoms with Gasteiger partial charge in [-0.2, -0.15) is 4.31 Å². The summed E-state index contributed by atoms with van der Waals surface area (Å²) in [5, 5.41) is 2.74. The van der Waals surface area contributed by atoms with Crippen molar-refractivity contribution in [3.63, 3.8) is 0 Å². The summed E-state index contributed by atoms with van der Waals surface area (Å²) in [6.45, 7) is 0.816. The number of nitrogens with zero attached hydrogens (tertiary/aromatic N) is 1. The van der Waals surface area contributed by atoms with Crippen LogP contribution in [-0.2, 0) is 26.0 Å². The minimum atomic E-state index is -3.83. The summed E-state index contributed by atoms with van der Waals surface area (Å²) in [7, 11) is -3.83. The van der Waals surface area contributed by atoms with Gasteiger partial charge < -0.3 is 10.1 Å². The Labute approximate surface area is 193 Å². The van der Waals surface area contributed by atoms with Crippen LogP contribution in [0.25, 0.3) is 0 Å². The van der Waals surface area contributed by atoms with Crippen LogP contribution in [0.1, 0.15) is 41.6 Å². The predicted molar refractivity (Wildman–Crippen MR) is 122 cm³/mol. The van der Waals surface area contributed by atoms with E-state index in [-0.39, 0.29) is 15.5 Å². The summed E-state index contributed by atoms with van der Waals surface area (Å²) < 4.78 is 32.6. The van der Waals surface area contributed by atoms with E-state index in [1.165, 1.54) is 22.5 Å². The van der Waals surface area contributed by atoms with E-state index in [9.17, 15) is 18.0 Å². The number of ether oxygens (including phenoxy) is 1. The van der Waals surface area contributed by atoms with E-state index in [4.69, 9.17) is 16.3 Å². The van der Waals surface area contributed by atoms with E-state index in [2.05, 4.69) is 5.32 Å². The number of carbonyl (C=O) groups excluding carboxylic acids is 2. The number of halogens is 1. The van der Waals surface area contributed by atoms with Crippen LogP contribution in [-0.4, -0.2) is 50.8 Å². The highest BCUT2D eigenvalue weighted by Crippen LogP contribution is 2.28. The molecule has 1 aliphatic rings. The average molecular weight is 479 g/mol. The molecule has 0 bridgehead atoms. The van der Waals surface area contributed by atoms with Gasteiger partial charge in [-0.25, -0.2) is 13.2 Å². The topological polar surface area (TPSA) is 92.8 Å². The van der Waals surface area contributed by atoms with Crippen molar-refractivity contribution in [3.05, 3.63) is 64.7 Å². The zero-order valence-electron chi connectivity index (χ0n) is 17.8. The molecule has 1 N–H and O–H groups in total. The van der Waals surface area contributed by atoms with Gasteiger partial charge in [0.2, 0.25) is 10.0 Å². The van der Waals surface area contributed by atoms with Crippen molar-refractivity contribution in [2.24, 2.45) is 0 Å². The van der Waals surface area contributed by atoms with Gasteiger partial charge in [0.05, 0.1) is 10.6 Å². The van der Waals surface area contributed by atoms with Crippen LogP contribution in [0.15, 0.2) is 53.4 Å². The molecule has 0 aromatic heterocycles. The van der Waals surface area contributed by atoms with Gasteiger partial charge in [0.1, 0.15) is 4.90 Å². The van der Waals surface area contributed by atoms with Crippen LogP contribution in [0.3, 0.4) is 0 Å². The van der Waals surface area contributed by atoms with Crippen molar-refractivity contribution >= 4 is 33.5 Å². The molecular formula is C23H27ClN2O5S. The first-order valence-corrected chi connectivity index (χ1v) is 12.5. The van der Waals surface area contributed by atoms with Gasteiger partial charge >= 0.3 is 5.97 Å². The smallest absolute Gasteiger partial charge is 0.338 e. The fourth-order valence-electron chi connectivity index (χ4n) is 3.51. The van der Waals surface area contributed by atoms with Crippen molar-refractivity contribution in [1.82, 2.24) is 9.62 Å². The second kappa shape index (κ2) is 11.4. The lowest BCUT2D eigenvalue weighted by molar-refractivity contribution is -0.124.